The zero-order chi connectivity index (χ0) is 13.4. The van der Waals surface area contributed by atoms with Crippen LogP contribution in [0.2, 0.25) is 0 Å². The molecule has 0 N–H and O–H groups in total. The predicted octanol–water partition coefficient (Wildman–Crippen LogP) is 1.06. The standard InChI is InChI=1S/2C7H6OS.Mg/c2*8-7(9)6-4-2-1-3-5-6;/h2*1-5H,(H,8,9);/q;;+2/p-2. The minimum absolute atomic E-state index is 0. The first-order chi connectivity index (χ1) is 8.61. The van der Waals surface area contributed by atoms with Gasteiger partial charge in [-0.1, -0.05) is 85.1 Å². The SMILES string of the molecule is [Mg+2].[O-]C(=S)c1ccccc1.[O-]C(=S)c1ccccc1. The summed E-state index contributed by atoms with van der Waals surface area (Å²) in [6, 6.07) is 17.7. The molecule has 19 heavy (non-hydrogen) atoms. The maximum absolute atomic E-state index is 10.5. The van der Waals surface area contributed by atoms with Gasteiger partial charge in [-0.05, 0) is 21.2 Å². The van der Waals surface area contributed by atoms with Crippen LogP contribution in [0.4, 0.5) is 0 Å². The van der Waals surface area contributed by atoms with E-state index >= 15 is 0 Å². The number of hydrogen-bond donors (Lipinski definition) is 0. The Hall–Kier alpha value is -1.01. The molecule has 5 heteroatoms. The summed E-state index contributed by atoms with van der Waals surface area (Å²) in [6.45, 7) is 0. The van der Waals surface area contributed by atoms with Gasteiger partial charge in [-0.3, -0.25) is 0 Å². The van der Waals surface area contributed by atoms with Crippen LogP contribution in [0.5, 0.6) is 0 Å². The normalized spacial score (nSPS) is 8.42. The van der Waals surface area contributed by atoms with Gasteiger partial charge in [0.1, 0.15) is 0 Å². The van der Waals surface area contributed by atoms with Crippen molar-refractivity contribution in [2.24, 2.45) is 0 Å². The van der Waals surface area contributed by atoms with Crippen molar-refractivity contribution in [3.8, 4) is 0 Å². The van der Waals surface area contributed by atoms with Crippen LogP contribution in [0.25, 0.3) is 0 Å². The van der Waals surface area contributed by atoms with E-state index in [1.165, 1.54) is 0 Å². The van der Waals surface area contributed by atoms with Crippen molar-refractivity contribution in [2.45, 2.75) is 0 Å². The molecule has 0 bridgehead atoms. The van der Waals surface area contributed by atoms with Gasteiger partial charge in [0.05, 0.1) is 0 Å². The summed E-state index contributed by atoms with van der Waals surface area (Å²) in [5.41, 5.74) is 1.18. The van der Waals surface area contributed by atoms with Crippen molar-refractivity contribution in [3.63, 3.8) is 0 Å². The summed E-state index contributed by atoms with van der Waals surface area (Å²) < 4.78 is 0. The molecule has 2 nitrogen and oxygen atoms in total. The van der Waals surface area contributed by atoms with Gasteiger partial charge in [0, 0.05) is 0 Å². The molecular formula is C14H10MgO2S2. The fourth-order valence-electron chi connectivity index (χ4n) is 1.15. The summed E-state index contributed by atoms with van der Waals surface area (Å²) in [5.74, 6) is 0. The molecule has 0 saturated heterocycles. The second-order valence-electron chi connectivity index (χ2n) is 3.31. The Morgan fingerprint density at radius 1 is 0.632 bits per heavy atom. The Balaban J connectivity index is 0.000000324. The van der Waals surface area contributed by atoms with Gasteiger partial charge in [-0.2, -0.15) is 0 Å². The van der Waals surface area contributed by atoms with E-state index in [4.69, 9.17) is 0 Å². The van der Waals surface area contributed by atoms with Crippen LogP contribution in [0.15, 0.2) is 60.7 Å². The van der Waals surface area contributed by atoms with Crippen molar-refractivity contribution in [1.82, 2.24) is 0 Å². The molecule has 0 spiro atoms. The third kappa shape index (κ3) is 7.22. The predicted molar refractivity (Wildman–Crippen MR) is 82.0 cm³/mol. The Kier molecular flexibility index (Phi) is 9.33. The smallest absolute Gasteiger partial charge is 0.864 e. The Bertz CT molecular complexity index is 466. The summed E-state index contributed by atoms with van der Waals surface area (Å²) in [5, 5.41) is 20.3. The van der Waals surface area contributed by atoms with E-state index in [2.05, 4.69) is 24.4 Å². The summed E-state index contributed by atoms with van der Waals surface area (Å²) >= 11 is 8.81. The fraction of sp³-hybridized carbons (Fsp3) is 0. The molecular weight excluding hydrogens is 289 g/mol. The van der Waals surface area contributed by atoms with Crippen molar-refractivity contribution in [1.29, 1.82) is 0 Å². The molecule has 0 saturated carbocycles. The quantitative estimate of drug-likeness (QED) is 0.614. The van der Waals surface area contributed by atoms with Crippen molar-refractivity contribution < 1.29 is 10.2 Å². The second-order valence-corrected chi connectivity index (χ2v) is 4.05. The molecule has 0 radical (unpaired) electrons. The van der Waals surface area contributed by atoms with Gasteiger partial charge < -0.3 is 10.2 Å². The van der Waals surface area contributed by atoms with Gasteiger partial charge in [0.2, 0.25) is 0 Å². The molecule has 0 atom stereocenters. The van der Waals surface area contributed by atoms with Gasteiger partial charge in [-0.25, -0.2) is 0 Å². The number of hydrogen-bond acceptors (Lipinski definition) is 4. The Labute approximate surface area is 139 Å². The van der Waals surface area contributed by atoms with Crippen LogP contribution in [-0.4, -0.2) is 33.2 Å². The number of benzene rings is 2. The zero-order valence-electron chi connectivity index (χ0n) is 10.1. The Morgan fingerprint density at radius 2 is 0.895 bits per heavy atom. The van der Waals surface area contributed by atoms with Gasteiger partial charge in [-0.15, -0.1) is 0 Å². The minimum atomic E-state index is -0.296. The van der Waals surface area contributed by atoms with Crippen LogP contribution < -0.4 is 10.2 Å². The minimum Gasteiger partial charge on any atom is -0.864 e. The maximum Gasteiger partial charge on any atom is 2.00 e. The maximum atomic E-state index is 10.5. The first-order valence-corrected chi connectivity index (χ1v) is 5.95. The van der Waals surface area contributed by atoms with Crippen molar-refractivity contribution in [3.05, 3.63) is 71.8 Å². The summed E-state index contributed by atoms with van der Waals surface area (Å²) in [4.78, 5) is 0. The molecule has 0 aromatic heterocycles. The molecule has 0 heterocycles. The fourth-order valence-corrected chi connectivity index (χ4v) is 1.42. The number of thiocarbonyl (C=S) groups is 2. The second kappa shape index (κ2) is 9.86. The van der Waals surface area contributed by atoms with Crippen LogP contribution in [0.1, 0.15) is 11.1 Å². The first kappa shape index (κ1) is 18.0. The largest absolute Gasteiger partial charge is 2.00 e. The molecule has 0 fully saturated rings. The van der Waals surface area contributed by atoms with Crippen molar-refractivity contribution in [2.75, 3.05) is 0 Å². The zero-order valence-corrected chi connectivity index (χ0v) is 13.2. The first-order valence-electron chi connectivity index (χ1n) is 5.14. The van der Waals surface area contributed by atoms with Crippen LogP contribution in [-0.2, 0) is 0 Å². The Morgan fingerprint density at radius 3 is 1.05 bits per heavy atom. The van der Waals surface area contributed by atoms with E-state index in [0.29, 0.717) is 11.1 Å². The monoisotopic (exact) mass is 298 g/mol. The molecule has 0 amide bonds. The van der Waals surface area contributed by atoms with Crippen LogP contribution in [0, 0.1) is 0 Å². The molecule has 2 aromatic carbocycles. The topological polar surface area (TPSA) is 46.1 Å². The van der Waals surface area contributed by atoms with E-state index in [1.54, 1.807) is 48.5 Å². The summed E-state index contributed by atoms with van der Waals surface area (Å²) in [6.07, 6.45) is 0. The summed E-state index contributed by atoms with van der Waals surface area (Å²) in [7, 11) is 0. The average Bonchev–Trinajstić information content (AvgIpc) is 2.41. The van der Waals surface area contributed by atoms with E-state index in [0.717, 1.165) is 0 Å². The van der Waals surface area contributed by atoms with E-state index in [-0.39, 0.29) is 33.2 Å². The van der Waals surface area contributed by atoms with E-state index in [1.807, 2.05) is 12.1 Å². The van der Waals surface area contributed by atoms with Crippen LogP contribution >= 0.6 is 24.4 Å². The molecule has 2 rings (SSSR count). The van der Waals surface area contributed by atoms with Gasteiger partial charge in [0.25, 0.3) is 0 Å². The molecule has 0 aliphatic carbocycles. The van der Waals surface area contributed by atoms with Crippen LogP contribution in [0.3, 0.4) is 0 Å². The van der Waals surface area contributed by atoms with Gasteiger partial charge >= 0.3 is 23.1 Å². The number of rotatable bonds is 2. The van der Waals surface area contributed by atoms with Crippen molar-refractivity contribution >= 4 is 57.6 Å². The molecule has 0 aliphatic rings. The third-order valence-corrected chi connectivity index (χ3v) is 2.49. The molecule has 0 aliphatic heterocycles. The van der Waals surface area contributed by atoms with Gasteiger partial charge in [0.15, 0.2) is 0 Å². The molecule has 2 aromatic rings. The molecule has 92 valence electrons. The van der Waals surface area contributed by atoms with E-state index < -0.39 is 0 Å². The molecule has 0 unspecified atom stereocenters. The van der Waals surface area contributed by atoms with E-state index in [9.17, 15) is 10.2 Å². The third-order valence-electron chi connectivity index (χ3n) is 2.02. The average molecular weight is 299 g/mol.